The zero-order chi connectivity index (χ0) is 16.9. The summed E-state index contributed by atoms with van der Waals surface area (Å²) in [5.74, 6) is 0.201. The highest BCUT2D eigenvalue weighted by Gasteiger charge is 2.33. The second-order valence-corrected chi connectivity index (χ2v) is 6.59. The second-order valence-electron chi connectivity index (χ2n) is 5.42. The smallest absolute Gasteiger partial charge is 0.262 e. The predicted octanol–water partition coefficient (Wildman–Crippen LogP) is 1.35. The average molecular weight is 349 g/mol. The van der Waals surface area contributed by atoms with Crippen LogP contribution in [-0.4, -0.2) is 60.5 Å². The molecule has 7 nitrogen and oxygen atoms in total. The summed E-state index contributed by atoms with van der Waals surface area (Å²) >= 11 is 1.36. The number of methoxy groups -OCH3 is 1. The summed E-state index contributed by atoms with van der Waals surface area (Å²) < 4.78 is 10.4. The number of carbonyl (C=O) groups is 2. The molecule has 0 spiro atoms. The SMILES string of the molecule is COc1cccc(NC(=O)C[C@@H]2SC(N3CCOCC3)=NC2=O)c1. The molecule has 1 fully saturated rings. The molecule has 0 aromatic heterocycles. The Bertz CT molecular complexity index is 658. The Morgan fingerprint density at radius 3 is 3.00 bits per heavy atom. The summed E-state index contributed by atoms with van der Waals surface area (Å²) in [6, 6.07) is 7.11. The fourth-order valence-electron chi connectivity index (χ4n) is 2.48. The maximum Gasteiger partial charge on any atom is 0.262 e. The van der Waals surface area contributed by atoms with Gasteiger partial charge in [0.05, 0.1) is 20.3 Å². The Labute approximate surface area is 144 Å². The van der Waals surface area contributed by atoms with Gasteiger partial charge in [0.25, 0.3) is 5.91 Å². The number of thioether (sulfide) groups is 1. The molecule has 128 valence electrons. The van der Waals surface area contributed by atoms with Crippen LogP contribution in [-0.2, 0) is 14.3 Å². The van der Waals surface area contributed by atoms with Crippen LogP contribution in [0.4, 0.5) is 5.69 Å². The van der Waals surface area contributed by atoms with Gasteiger partial charge in [0, 0.05) is 31.3 Å². The van der Waals surface area contributed by atoms with Crippen molar-refractivity contribution in [3.63, 3.8) is 0 Å². The number of morpholine rings is 1. The summed E-state index contributed by atoms with van der Waals surface area (Å²) in [4.78, 5) is 30.4. The molecule has 2 aliphatic rings. The van der Waals surface area contributed by atoms with E-state index in [1.807, 2.05) is 4.90 Å². The Balaban J connectivity index is 1.54. The molecule has 0 bridgehead atoms. The first-order valence-electron chi connectivity index (χ1n) is 7.71. The van der Waals surface area contributed by atoms with Gasteiger partial charge in [0.15, 0.2) is 5.17 Å². The highest BCUT2D eigenvalue weighted by atomic mass is 32.2. The van der Waals surface area contributed by atoms with Gasteiger partial charge < -0.3 is 19.7 Å². The van der Waals surface area contributed by atoms with Crippen molar-refractivity contribution in [1.29, 1.82) is 0 Å². The van der Waals surface area contributed by atoms with Crippen molar-refractivity contribution >= 4 is 34.4 Å². The van der Waals surface area contributed by atoms with Crippen molar-refractivity contribution in [2.75, 3.05) is 38.7 Å². The van der Waals surface area contributed by atoms with Crippen molar-refractivity contribution in [3.8, 4) is 5.75 Å². The Morgan fingerprint density at radius 2 is 2.25 bits per heavy atom. The standard InChI is InChI=1S/C16H19N3O4S/c1-22-12-4-2-3-11(9-12)17-14(20)10-13-15(21)18-16(24-13)19-5-7-23-8-6-19/h2-4,9,13H,5-8,10H2,1H3,(H,17,20)/t13-/m0/s1. The topological polar surface area (TPSA) is 80.2 Å². The van der Waals surface area contributed by atoms with E-state index in [2.05, 4.69) is 10.3 Å². The molecule has 1 saturated heterocycles. The van der Waals surface area contributed by atoms with E-state index in [4.69, 9.17) is 9.47 Å². The molecule has 1 atom stereocenters. The molecule has 1 aromatic carbocycles. The van der Waals surface area contributed by atoms with Crippen molar-refractivity contribution in [2.24, 2.45) is 4.99 Å². The molecule has 24 heavy (non-hydrogen) atoms. The third-order valence-electron chi connectivity index (χ3n) is 3.73. The lowest BCUT2D eigenvalue weighted by molar-refractivity contribution is -0.121. The number of benzene rings is 1. The summed E-state index contributed by atoms with van der Waals surface area (Å²) in [6.07, 6.45) is 0.0953. The molecule has 1 N–H and O–H groups in total. The molecule has 0 radical (unpaired) electrons. The van der Waals surface area contributed by atoms with Crippen molar-refractivity contribution in [1.82, 2.24) is 4.90 Å². The monoisotopic (exact) mass is 349 g/mol. The third-order valence-corrected chi connectivity index (χ3v) is 4.95. The van der Waals surface area contributed by atoms with E-state index in [1.54, 1.807) is 31.4 Å². The van der Waals surface area contributed by atoms with E-state index < -0.39 is 5.25 Å². The van der Waals surface area contributed by atoms with Gasteiger partial charge in [-0.25, -0.2) is 0 Å². The number of hydrogen-bond donors (Lipinski definition) is 1. The van der Waals surface area contributed by atoms with Gasteiger partial charge in [-0.15, -0.1) is 0 Å². The number of ether oxygens (including phenoxy) is 2. The zero-order valence-corrected chi connectivity index (χ0v) is 14.2. The summed E-state index contributed by atoms with van der Waals surface area (Å²) in [5.41, 5.74) is 0.643. The molecule has 2 heterocycles. The van der Waals surface area contributed by atoms with Gasteiger partial charge in [-0.2, -0.15) is 4.99 Å². The Kier molecular flexibility index (Phi) is 5.37. The Hall–Kier alpha value is -2.06. The molecule has 0 unspecified atom stereocenters. The lowest BCUT2D eigenvalue weighted by Gasteiger charge is -2.27. The predicted molar refractivity (Wildman–Crippen MR) is 92.5 cm³/mol. The summed E-state index contributed by atoms with van der Waals surface area (Å²) in [5, 5.41) is 3.02. The highest BCUT2D eigenvalue weighted by Crippen LogP contribution is 2.28. The zero-order valence-electron chi connectivity index (χ0n) is 13.4. The number of anilines is 1. The van der Waals surface area contributed by atoms with Gasteiger partial charge in [0.1, 0.15) is 11.0 Å². The van der Waals surface area contributed by atoms with Crippen LogP contribution in [0.5, 0.6) is 5.75 Å². The highest BCUT2D eigenvalue weighted by molar-refractivity contribution is 8.15. The number of aliphatic imine (C=N–C) groups is 1. The first kappa shape index (κ1) is 16.8. The molecule has 0 aliphatic carbocycles. The van der Waals surface area contributed by atoms with Crippen LogP contribution in [0.15, 0.2) is 29.3 Å². The van der Waals surface area contributed by atoms with E-state index in [1.165, 1.54) is 11.8 Å². The molecular weight excluding hydrogens is 330 g/mol. The number of nitrogens with zero attached hydrogens (tertiary/aromatic N) is 2. The van der Waals surface area contributed by atoms with Crippen molar-refractivity contribution in [3.05, 3.63) is 24.3 Å². The fraction of sp³-hybridized carbons (Fsp3) is 0.438. The number of amidine groups is 1. The summed E-state index contributed by atoms with van der Waals surface area (Å²) in [6.45, 7) is 2.72. The van der Waals surface area contributed by atoms with E-state index in [-0.39, 0.29) is 18.2 Å². The molecule has 0 saturated carbocycles. The van der Waals surface area contributed by atoms with Gasteiger partial charge in [-0.05, 0) is 12.1 Å². The van der Waals surface area contributed by atoms with E-state index >= 15 is 0 Å². The van der Waals surface area contributed by atoms with Crippen LogP contribution in [0.25, 0.3) is 0 Å². The maximum atomic E-state index is 12.2. The summed E-state index contributed by atoms with van der Waals surface area (Å²) in [7, 11) is 1.57. The number of carbonyl (C=O) groups excluding carboxylic acids is 2. The van der Waals surface area contributed by atoms with Crippen molar-refractivity contribution in [2.45, 2.75) is 11.7 Å². The number of nitrogens with one attached hydrogen (secondary N) is 1. The molecule has 2 aliphatic heterocycles. The van der Waals surface area contributed by atoms with Crippen LogP contribution in [0.2, 0.25) is 0 Å². The van der Waals surface area contributed by atoms with Crippen LogP contribution in [0.3, 0.4) is 0 Å². The largest absolute Gasteiger partial charge is 0.497 e. The van der Waals surface area contributed by atoms with Gasteiger partial charge >= 0.3 is 0 Å². The second kappa shape index (κ2) is 7.67. The normalized spacial score (nSPS) is 20.7. The molecular formula is C16H19N3O4S. The lowest BCUT2D eigenvalue weighted by atomic mass is 10.2. The molecule has 8 heteroatoms. The Morgan fingerprint density at radius 1 is 1.46 bits per heavy atom. The number of amides is 2. The maximum absolute atomic E-state index is 12.2. The van der Waals surface area contributed by atoms with Gasteiger partial charge in [-0.1, -0.05) is 17.8 Å². The fourth-order valence-corrected chi connectivity index (χ4v) is 3.60. The van der Waals surface area contributed by atoms with Crippen LogP contribution in [0.1, 0.15) is 6.42 Å². The number of rotatable bonds is 4. The van der Waals surface area contributed by atoms with Gasteiger partial charge in [0.2, 0.25) is 5.91 Å². The first-order valence-corrected chi connectivity index (χ1v) is 8.59. The average Bonchev–Trinajstić information content (AvgIpc) is 2.96. The molecule has 3 rings (SSSR count). The minimum Gasteiger partial charge on any atom is -0.497 e. The lowest BCUT2D eigenvalue weighted by Crippen LogP contribution is -2.39. The van der Waals surface area contributed by atoms with Crippen LogP contribution >= 0.6 is 11.8 Å². The van der Waals surface area contributed by atoms with Crippen LogP contribution in [0, 0.1) is 0 Å². The third kappa shape index (κ3) is 4.07. The van der Waals surface area contributed by atoms with Gasteiger partial charge in [-0.3, -0.25) is 9.59 Å². The van der Waals surface area contributed by atoms with Crippen LogP contribution < -0.4 is 10.1 Å². The number of hydrogen-bond acceptors (Lipinski definition) is 6. The van der Waals surface area contributed by atoms with E-state index in [0.717, 1.165) is 13.1 Å². The van der Waals surface area contributed by atoms with E-state index in [9.17, 15) is 9.59 Å². The first-order chi connectivity index (χ1) is 11.7. The van der Waals surface area contributed by atoms with Crippen molar-refractivity contribution < 1.29 is 19.1 Å². The minimum atomic E-state index is -0.464. The quantitative estimate of drug-likeness (QED) is 0.884. The van der Waals surface area contributed by atoms with E-state index in [0.29, 0.717) is 29.8 Å². The minimum absolute atomic E-state index is 0.0953. The molecule has 2 amide bonds. The molecule has 1 aromatic rings.